The first-order valence-corrected chi connectivity index (χ1v) is 6.66. The third-order valence-corrected chi connectivity index (χ3v) is 3.50. The fraction of sp³-hybridized carbons (Fsp3) is 0.125. The molecule has 0 bridgehead atoms. The number of rotatable bonds is 3. The molecule has 0 spiro atoms. The third-order valence-electron chi connectivity index (χ3n) is 3.25. The predicted octanol–water partition coefficient (Wildman–Crippen LogP) is 3.56. The molecule has 1 atom stereocenters. The van der Waals surface area contributed by atoms with Crippen LogP contribution in [0, 0.1) is 11.3 Å². The van der Waals surface area contributed by atoms with Crippen molar-refractivity contribution in [3.8, 4) is 17.6 Å². The maximum atomic E-state index is 12.5. The van der Waals surface area contributed by atoms with E-state index in [4.69, 9.17) is 21.1 Å². The van der Waals surface area contributed by atoms with Crippen LogP contribution in [0.5, 0.6) is 11.5 Å². The summed E-state index contributed by atoms with van der Waals surface area (Å²) in [6.45, 7) is 0.154. The number of fused-ring (bicyclic) bond motifs is 1. The average Bonchev–Trinajstić information content (AvgIpc) is 2.96. The van der Waals surface area contributed by atoms with Crippen LogP contribution in [0.1, 0.15) is 21.8 Å². The Morgan fingerprint density at radius 2 is 1.86 bits per heavy atom. The van der Waals surface area contributed by atoms with Gasteiger partial charge in [-0.2, -0.15) is 5.26 Å². The highest BCUT2D eigenvalue weighted by molar-refractivity contribution is 6.30. The normalized spacial score (nSPS) is 13.5. The lowest BCUT2D eigenvalue weighted by Crippen LogP contribution is -2.11. The van der Waals surface area contributed by atoms with Crippen LogP contribution in [0.4, 0.5) is 0 Å². The van der Waals surface area contributed by atoms with Gasteiger partial charge >= 0.3 is 0 Å². The molecule has 1 aliphatic rings. The monoisotopic (exact) mass is 299 g/mol. The van der Waals surface area contributed by atoms with E-state index in [1.54, 1.807) is 42.5 Å². The molecule has 1 aliphatic heterocycles. The van der Waals surface area contributed by atoms with Crippen molar-refractivity contribution in [2.24, 2.45) is 0 Å². The molecule has 0 fully saturated rings. The van der Waals surface area contributed by atoms with Gasteiger partial charge in [0.1, 0.15) is 5.92 Å². The van der Waals surface area contributed by atoms with Gasteiger partial charge in [-0.15, -0.1) is 0 Å². The largest absolute Gasteiger partial charge is 0.454 e. The zero-order valence-electron chi connectivity index (χ0n) is 10.9. The summed E-state index contributed by atoms with van der Waals surface area (Å²) in [5, 5.41) is 9.89. The van der Waals surface area contributed by atoms with Crippen molar-refractivity contribution in [3.05, 3.63) is 58.6 Å². The van der Waals surface area contributed by atoms with Gasteiger partial charge in [-0.25, -0.2) is 0 Å². The van der Waals surface area contributed by atoms with Crippen molar-refractivity contribution in [3.63, 3.8) is 0 Å². The molecule has 0 radical (unpaired) electrons. The van der Waals surface area contributed by atoms with Crippen molar-refractivity contribution in [1.82, 2.24) is 0 Å². The summed E-state index contributed by atoms with van der Waals surface area (Å²) in [5.41, 5.74) is 1.03. The smallest absolute Gasteiger partial charge is 0.231 e. The fourth-order valence-electron chi connectivity index (χ4n) is 2.16. The number of nitrogens with zero attached hydrogens (tertiary/aromatic N) is 1. The number of ketones is 1. The predicted molar refractivity (Wildman–Crippen MR) is 76.7 cm³/mol. The lowest BCUT2D eigenvalue weighted by molar-refractivity contribution is 0.0979. The van der Waals surface area contributed by atoms with E-state index < -0.39 is 5.92 Å². The first-order valence-electron chi connectivity index (χ1n) is 6.28. The quantitative estimate of drug-likeness (QED) is 0.813. The van der Waals surface area contributed by atoms with Gasteiger partial charge in [-0.1, -0.05) is 17.7 Å². The van der Waals surface area contributed by atoms with Crippen LogP contribution in [-0.4, -0.2) is 12.6 Å². The Morgan fingerprint density at radius 1 is 1.14 bits per heavy atom. The third kappa shape index (κ3) is 2.56. The molecule has 0 amide bonds. The van der Waals surface area contributed by atoms with E-state index in [9.17, 15) is 10.1 Å². The number of benzene rings is 2. The minimum absolute atomic E-state index is 0.154. The molecule has 3 rings (SSSR count). The number of ether oxygens (including phenoxy) is 2. The van der Waals surface area contributed by atoms with Gasteiger partial charge in [0, 0.05) is 10.6 Å². The second-order valence-electron chi connectivity index (χ2n) is 4.55. The van der Waals surface area contributed by atoms with E-state index in [1.165, 1.54) is 0 Å². The van der Waals surface area contributed by atoms with Crippen LogP contribution in [0.25, 0.3) is 0 Å². The van der Waals surface area contributed by atoms with Gasteiger partial charge in [0.25, 0.3) is 0 Å². The standard InChI is InChI=1S/C16H10ClNO3/c17-12-4-1-10(2-5-12)16(19)13(8-18)11-3-6-14-15(7-11)21-9-20-14/h1-7,13H,9H2. The summed E-state index contributed by atoms with van der Waals surface area (Å²) in [7, 11) is 0. The Balaban J connectivity index is 1.93. The highest BCUT2D eigenvalue weighted by atomic mass is 35.5. The van der Waals surface area contributed by atoms with Gasteiger partial charge in [0.2, 0.25) is 6.79 Å². The Morgan fingerprint density at radius 3 is 2.57 bits per heavy atom. The molecule has 0 N–H and O–H groups in total. The van der Waals surface area contributed by atoms with Crippen molar-refractivity contribution in [2.45, 2.75) is 5.92 Å². The average molecular weight is 300 g/mol. The van der Waals surface area contributed by atoms with E-state index in [1.807, 2.05) is 6.07 Å². The van der Waals surface area contributed by atoms with E-state index >= 15 is 0 Å². The molecule has 1 unspecified atom stereocenters. The van der Waals surface area contributed by atoms with E-state index in [2.05, 4.69) is 0 Å². The molecular weight excluding hydrogens is 290 g/mol. The second kappa shape index (κ2) is 5.47. The number of carbonyl (C=O) groups is 1. The molecule has 1 heterocycles. The van der Waals surface area contributed by atoms with E-state index in [0.29, 0.717) is 27.6 Å². The molecule has 104 valence electrons. The molecule has 21 heavy (non-hydrogen) atoms. The topological polar surface area (TPSA) is 59.3 Å². The van der Waals surface area contributed by atoms with Gasteiger partial charge < -0.3 is 9.47 Å². The number of Topliss-reactive ketones (excluding diaryl/α,β-unsaturated/α-hetero) is 1. The van der Waals surface area contributed by atoms with Crippen molar-refractivity contribution >= 4 is 17.4 Å². The van der Waals surface area contributed by atoms with Crippen molar-refractivity contribution < 1.29 is 14.3 Å². The maximum Gasteiger partial charge on any atom is 0.231 e. The SMILES string of the molecule is N#CC(C(=O)c1ccc(Cl)cc1)c1ccc2c(c1)OCO2. The Kier molecular flexibility index (Phi) is 3.51. The number of halogens is 1. The van der Waals surface area contributed by atoms with E-state index in [-0.39, 0.29) is 12.6 Å². The molecule has 0 saturated carbocycles. The number of hydrogen-bond acceptors (Lipinski definition) is 4. The van der Waals surface area contributed by atoms with E-state index in [0.717, 1.165) is 0 Å². The highest BCUT2D eigenvalue weighted by Crippen LogP contribution is 2.35. The van der Waals surface area contributed by atoms with Crippen LogP contribution in [0.3, 0.4) is 0 Å². The molecule has 0 saturated heterocycles. The lowest BCUT2D eigenvalue weighted by Gasteiger charge is -2.09. The molecule has 2 aromatic carbocycles. The number of hydrogen-bond donors (Lipinski definition) is 0. The Hall–Kier alpha value is -2.51. The number of nitriles is 1. The van der Waals surface area contributed by atoms with Crippen LogP contribution in [-0.2, 0) is 0 Å². The Labute approximate surface area is 126 Å². The minimum atomic E-state index is -0.888. The number of carbonyl (C=O) groups excluding carboxylic acids is 1. The molecule has 5 heteroatoms. The van der Waals surface area contributed by atoms with Crippen LogP contribution in [0.15, 0.2) is 42.5 Å². The van der Waals surface area contributed by atoms with Crippen LogP contribution in [0.2, 0.25) is 5.02 Å². The molecule has 0 aliphatic carbocycles. The zero-order chi connectivity index (χ0) is 14.8. The first-order chi connectivity index (χ1) is 10.2. The van der Waals surface area contributed by atoms with Gasteiger partial charge in [-0.3, -0.25) is 4.79 Å². The minimum Gasteiger partial charge on any atom is -0.454 e. The summed E-state index contributed by atoms with van der Waals surface area (Å²) in [6.07, 6.45) is 0. The summed E-state index contributed by atoms with van der Waals surface area (Å²) in [5.74, 6) is 0.0137. The summed E-state index contributed by atoms with van der Waals surface area (Å²) in [6, 6.07) is 13.6. The van der Waals surface area contributed by atoms with Crippen molar-refractivity contribution in [1.29, 1.82) is 5.26 Å². The first kappa shape index (κ1) is 13.5. The maximum absolute atomic E-state index is 12.5. The summed E-state index contributed by atoms with van der Waals surface area (Å²) >= 11 is 5.80. The summed E-state index contributed by atoms with van der Waals surface area (Å²) < 4.78 is 10.5. The van der Waals surface area contributed by atoms with Gasteiger partial charge in [0.15, 0.2) is 17.3 Å². The van der Waals surface area contributed by atoms with Crippen molar-refractivity contribution in [2.75, 3.05) is 6.79 Å². The van der Waals surface area contributed by atoms with Crippen LogP contribution < -0.4 is 9.47 Å². The second-order valence-corrected chi connectivity index (χ2v) is 4.98. The van der Waals surface area contributed by atoms with Crippen LogP contribution >= 0.6 is 11.6 Å². The highest BCUT2D eigenvalue weighted by Gasteiger charge is 2.24. The fourth-order valence-corrected chi connectivity index (χ4v) is 2.28. The summed E-state index contributed by atoms with van der Waals surface area (Å²) in [4.78, 5) is 12.5. The molecule has 4 nitrogen and oxygen atoms in total. The van der Waals surface area contributed by atoms with Gasteiger partial charge in [-0.05, 0) is 42.0 Å². The molecule has 2 aromatic rings. The molecule has 0 aromatic heterocycles. The van der Waals surface area contributed by atoms with Gasteiger partial charge in [0.05, 0.1) is 6.07 Å². The molecular formula is C16H10ClNO3. The Bertz CT molecular complexity index is 734. The zero-order valence-corrected chi connectivity index (χ0v) is 11.6. The lowest BCUT2D eigenvalue weighted by atomic mass is 9.91.